The molecule has 0 bridgehead atoms. The monoisotopic (exact) mass is 263 g/mol. The van der Waals surface area contributed by atoms with E-state index in [1.165, 1.54) is 56.2 Å². The Bertz CT molecular complexity index is 383. The second kappa shape index (κ2) is 7.09. The lowest BCUT2D eigenvalue weighted by Crippen LogP contribution is -2.28. The molecule has 1 aliphatic rings. The molecule has 2 atom stereocenters. The van der Waals surface area contributed by atoms with Gasteiger partial charge in [-0.3, -0.25) is 4.68 Å². The quantitative estimate of drug-likeness (QED) is 0.823. The van der Waals surface area contributed by atoms with Crippen molar-refractivity contribution in [1.82, 2.24) is 15.1 Å². The van der Waals surface area contributed by atoms with Crippen molar-refractivity contribution in [2.24, 2.45) is 13.0 Å². The maximum atomic E-state index is 4.31. The SMILES string of the molecule is CCCC1CCCC(NCc2cnn(C)c2C)CC1. The van der Waals surface area contributed by atoms with Gasteiger partial charge in [-0.25, -0.2) is 0 Å². The van der Waals surface area contributed by atoms with E-state index in [9.17, 15) is 0 Å². The molecule has 0 amide bonds. The van der Waals surface area contributed by atoms with Crippen LogP contribution in [0.2, 0.25) is 0 Å². The molecule has 2 rings (SSSR count). The van der Waals surface area contributed by atoms with Crippen LogP contribution in [0, 0.1) is 12.8 Å². The topological polar surface area (TPSA) is 29.9 Å². The molecule has 1 aromatic heterocycles. The van der Waals surface area contributed by atoms with Crippen LogP contribution in [0.25, 0.3) is 0 Å². The Hall–Kier alpha value is -0.830. The summed E-state index contributed by atoms with van der Waals surface area (Å²) in [6.45, 7) is 5.43. The summed E-state index contributed by atoms with van der Waals surface area (Å²) in [6, 6.07) is 0.710. The molecule has 1 aliphatic carbocycles. The van der Waals surface area contributed by atoms with Crippen LogP contribution >= 0.6 is 0 Å². The molecular formula is C16H29N3. The molecular weight excluding hydrogens is 234 g/mol. The average molecular weight is 263 g/mol. The summed E-state index contributed by atoms with van der Waals surface area (Å²) in [5, 5.41) is 8.05. The highest BCUT2D eigenvalue weighted by molar-refractivity contribution is 5.15. The van der Waals surface area contributed by atoms with Gasteiger partial charge in [0.25, 0.3) is 0 Å². The summed E-state index contributed by atoms with van der Waals surface area (Å²) in [6.07, 6.45) is 11.7. The van der Waals surface area contributed by atoms with E-state index in [1.54, 1.807) is 0 Å². The van der Waals surface area contributed by atoms with Gasteiger partial charge in [-0.1, -0.05) is 32.6 Å². The van der Waals surface area contributed by atoms with Crippen molar-refractivity contribution < 1.29 is 0 Å². The van der Waals surface area contributed by atoms with Crippen molar-refractivity contribution in [3.8, 4) is 0 Å². The van der Waals surface area contributed by atoms with Crippen LogP contribution in [0.3, 0.4) is 0 Å². The molecule has 3 heteroatoms. The van der Waals surface area contributed by atoms with Crippen molar-refractivity contribution in [3.63, 3.8) is 0 Å². The molecule has 1 heterocycles. The first-order chi connectivity index (χ1) is 9.20. The normalized spacial score (nSPS) is 24.4. The number of aromatic nitrogens is 2. The molecule has 0 spiro atoms. The zero-order valence-corrected chi connectivity index (χ0v) is 12.8. The van der Waals surface area contributed by atoms with Crippen molar-refractivity contribution in [3.05, 3.63) is 17.5 Å². The molecule has 1 fully saturated rings. The summed E-state index contributed by atoms with van der Waals surface area (Å²) in [5.41, 5.74) is 2.63. The van der Waals surface area contributed by atoms with E-state index in [0.717, 1.165) is 12.5 Å². The number of hydrogen-bond acceptors (Lipinski definition) is 2. The third-order valence-corrected chi connectivity index (χ3v) is 4.70. The molecule has 1 aromatic rings. The van der Waals surface area contributed by atoms with Gasteiger partial charge >= 0.3 is 0 Å². The predicted octanol–water partition coefficient (Wildman–Crippen LogP) is 3.57. The maximum absolute atomic E-state index is 4.31. The number of aryl methyl sites for hydroxylation is 1. The highest BCUT2D eigenvalue weighted by atomic mass is 15.3. The predicted molar refractivity (Wildman–Crippen MR) is 80.1 cm³/mol. The van der Waals surface area contributed by atoms with Gasteiger partial charge < -0.3 is 5.32 Å². The van der Waals surface area contributed by atoms with E-state index >= 15 is 0 Å². The number of nitrogens with zero attached hydrogens (tertiary/aromatic N) is 2. The van der Waals surface area contributed by atoms with Crippen LogP contribution in [0.4, 0.5) is 0 Å². The molecule has 2 unspecified atom stereocenters. The third-order valence-electron chi connectivity index (χ3n) is 4.70. The van der Waals surface area contributed by atoms with Gasteiger partial charge in [0, 0.05) is 30.9 Å². The lowest BCUT2D eigenvalue weighted by Gasteiger charge is -2.16. The molecule has 0 radical (unpaired) electrons. The van der Waals surface area contributed by atoms with Crippen LogP contribution in [0.5, 0.6) is 0 Å². The van der Waals surface area contributed by atoms with Crippen molar-refractivity contribution in [1.29, 1.82) is 0 Å². The highest BCUT2D eigenvalue weighted by Crippen LogP contribution is 2.26. The fourth-order valence-corrected chi connectivity index (χ4v) is 3.25. The van der Waals surface area contributed by atoms with Crippen LogP contribution in [0.1, 0.15) is 63.1 Å². The Balaban J connectivity index is 1.78. The Morgan fingerprint density at radius 3 is 2.84 bits per heavy atom. The summed E-state index contributed by atoms with van der Waals surface area (Å²) in [4.78, 5) is 0. The van der Waals surface area contributed by atoms with Crippen LogP contribution < -0.4 is 5.32 Å². The van der Waals surface area contributed by atoms with Crippen LogP contribution in [0.15, 0.2) is 6.20 Å². The second-order valence-corrected chi connectivity index (χ2v) is 6.12. The lowest BCUT2D eigenvalue weighted by molar-refractivity contribution is 0.409. The summed E-state index contributed by atoms with van der Waals surface area (Å²) < 4.78 is 1.96. The zero-order chi connectivity index (χ0) is 13.7. The minimum atomic E-state index is 0.710. The first kappa shape index (κ1) is 14.6. The van der Waals surface area contributed by atoms with Gasteiger partial charge in [0.05, 0.1) is 6.20 Å². The molecule has 0 aliphatic heterocycles. The lowest BCUT2D eigenvalue weighted by atomic mass is 9.95. The van der Waals surface area contributed by atoms with Crippen molar-refractivity contribution >= 4 is 0 Å². The Labute approximate surface area is 117 Å². The largest absolute Gasteiger partial charge is 0.310 e. The Morgan fingerprint density at radius 2 is 2.16 bits per heavy atom. The number of hydrogen-bond donors (Lipinski definition) is 1. The molecule has 3 nitrogen and oxygen atoms in total. The van der Waals surface area contributed by atoms with Gasteiger partial charge in [0.1, 0.15) is 0 Å². The van der Waals surface area contributed by atoms with E-state index in [1.807, 2.05) is 17.9 Å². The minimum Gasteiger partial charge on any atom is -0.310 e. The minimum absolute atomic E-state index is 0.710. The standard InChI is InChI=1S/C16H29N3/c1-4-6-14-7-5-8-16(10-9-14)17-11-15-12-18-19(3)13(15)2/h12,14,16-17H,4-11H2,1-3H3. The third kappa shape index (κ3) is 4.07. The van der Waals surface area contributed by atoms with E-state index in [-0.39, 0.29) is 0 Å². The molecule has 1 saturated carbocycles. The van der Waals surface area contributed by atoms with Crippen molar-refractivity contribution in [2.45, 2.75) is 71.4 Å². The maximum Gasteiger partial charge on any atom is 0.0537 e. The summed E-state index contributed by atoms with van der Waals surface area (Å²) in [5.74, 6) is 0.983. The van der Waals surface area contributed by atoms with Gasteiger partial charge in [-0.2, -0.15) is 5.10 Å². The smallest absolute Gasteiger partial charge is 0.0537 e. The fraction of sp³-hybridized carbons (Fsp3) is 0.812. The van der Waals surface area contributed by atoms with Gasteiger partial charge in [-0.15, -0.1) is 0 Å². The number of nitrogens with one attached hydrogen (secondary N) is 1. The van der Waals surface area contributed by atoms with E-state index in [0.29, 0.717) is 6.04 Å². The van der Waals surface area contributed by atoms with E-state index < -0.39 is 0 Å². The molecule has 0 saturated heterocycles. The average Bonchev–Trinajstić information content (AvgIpc) is 2.62. The molecule has 108 valence electrons. The number of rotatable bonds is 5. The summed E-state index contributed by atoms with van der Waals surface area (Å²) >= 11 is 0. The van der Waals surface area contributed by atoms with E-state index in [2.05, 4.69) is 24.3 Å². The molecule has 19 heavy (non-hydrogen) atoms. The van der Waals surface area contributed by atoms with Crippen LogP contribution in [-0.2, 0) is 13.6 Å². The van der Waals surface area contributed by atoms with E-state index in [4.69, 9.17) is 0 Å². The van der Waals surface area contributed by atoms with Crippen molar-refractivity contribution in [2.75, 3.05) is 0 Å². The molecule has 1 N–H and O–H groups in total. The Kier molecular flexibility index (Phi) is 5.44. The first-order valence-electron chi connectivity index (χ1n) is 7.91. The Morgan fingerprint density at radius 1 is 1.32 bits per heavy atom. The van der Waals surface area contributed by atoms with Crippen LogP contribution in [-0.4, -0.2) is 15.8 Å². The van der Waals surface area contributed by atoms with Gasteiger partial charge in [-0.05, 0) is 32.1 Å². The second-order valence-electron chi connectivity index (χ2n) is 6.12. The summed E-state index contributed by atoms with van der Waals surface area (Å²) in [7, 11) is 2.01. The first-order valence-corrected chi connectivity index (χ1v) is 7.91. The van der Waals surface area contributed by atoms with Gasteiger partial charge in [0.2, 0.25) is 0 Å². The fourth-order valence-electron chi connectivity index (χ4n) is 3.25. The molecule has 0 aromatic carbocycles. The zero-order valence-electron chi connectivity index (χ0n) is 12.8. The van der Waals surface area contributed by atoms with Gasteiger partial charge in [0.15, 0.2) is 0 Å². The highest BCUT2D eigenvalue weighted by Gasteiger charge is 2.18.